The molecule has 1 saturated heterocycles. The van der Waals surface area contributed by atoms with Crippen LogP contribution in [0.15, 0.2) is 23.1 Å². The maximum Gasteiger partial charge on any atom is 0.417 e. The van der Waals surface area contributed by atoms with Crippen molar-refractivity contribution < 1.29 is 22.7 Å². The average molecular weight is 347 g/mol. The largest absolute Gasteiger partial charge is 0.417 e. The Balaban J connectivity index is 1.93. The van der Waals surface area contributed by atoms with Crippen molar-refractivity contribution in [3.05, 3.63) is 34.2 Å². The lowest BCUT2D eigenvalue weighted by molar-refractivity contribution is -0.138. The average Bonchev–Trinajstić information content (AvgIpc) is 2.49. The van der Waals surface area contributed by atoms with Gasteiger partial charge in [0.25, 0.3) is 5.56 Å². The van der Waals surface area contributed by atoms with Gasteiger partial charge in [0.2, 0.25) is 5.91 Å². The third-order valence-electron chi connectivity index (χ3n) is 3.67. The quantitative estimate of drug-likeness (QED) is 0.852. The summed E-state index contributed by atoms with van der Waals surface area (Å²) >= 11 is 0. The summed E-state index contributed by atoms with van der Waals surface area (Å²) in [6, 6.07) is 1.34. The Labute approximate surface area is 137 Å². The second kappa shape index (κ2) is 7.80. The molecule has 1 N–H and O–H groups in total. The van der Waals surface area contributed by atoms with Gasteiger partial charge in [-0.05, 0) is 13.0 Å². The first-order valence-electron chi connectivity index (χ1n) is 7.63. The lowest BCUT2D eigenvalue weighted by Gasteiger charge is -2.29. The number of halogens is 3. The number of carbonyl (C=O) groups excluding carboxylic acids is 1. The van der Waals surface area contributed by atoms with E-state index in [0.29, 0.717) is 32.0 Å². The third kappa shape index (κ3) is 5.34. The van der Waals surface area contributed by atoms with Crippen LogP contribution >= 0.6 is 0 Å². The van der Waals surface area contributed by atoms with E-state index in [4.69, 9.17) is 4.74 Å². The standard InChI is InChI=1S/C15H20F3N3O3/c1-11(8-20-4-6-24-7-5-20)19-13(22)10-21-9-12(15(16,17)18)2-3-14(21)23/h2-3,9,11H,4-8,10H2,1H3,(H,19,22)/t11-/m1/s1. The van der Waals surface area contributed by atoms with Gasteiger partial charge < -0.3 is 14.6 Å². The van der Waals surface area contributed by atoms with Crippen LogP contribution in [0.4, 0.5) is 13.2 Å². The fourth-order valence-corrected chi connectivity index (χ4v) is 2.51. The van der Waals surface area contributed by atoms with Crippen LogP contribution in [-0.4, -0.2) is 54.3 Å². The zero-order valence-corrected chi connectivity index (χ0v) is 13.3. The van der Waals surface area contributed by atoms with Crippen LogP contribution in [0.25, 0.3) is 0 Å². The first-order valence-corrected chi connectivity index (χ1v) is 7.63. The summed E-state index contributed by atoms with van der Waals surface area (Å²) in [7, 11) is 0. The molecule has 0 saturated carbocycles. The van der Waals surface area contributed by atoms with Crippen molar-refractivity contribution in [2.75, 3.05) is 32.8 Å². The lowest BCUT2D eigenvalue weighted by Crippen LogP contribution is -2.47. The van der Waals surface area contributed by atoms with Crippen LogP contribution in [0.2, 0.25) is 0 Å². The normalized spacial score (nSPS) is 17.5. The van der Waals surface area contributed by atoms with Crippen molar-refractivity contribution in [1.82, 2.24) is 14.8 Å². The Hall–Kier alpha value is -1.87. The molecule has 9 heteroatoms. The Morgan fingerprint density at radius 2 is 2.00 bits per heavy atom. The Kier molecular flexibility index (Phi) is 6.00. The highest BCUT2D eigenvalue weighted by molar-refractivity contribution is 5.76. The third-order valence-corrected chi connectivity index (χ3v) is 3.67. The number of rotatable bonds is 5. The molecule has 1 atom stereocenters. The molecule has 1 aromatic rings. The monoisotopic (exact) mass is 347 g/mol. The Bertz CT molecular complexity index is 624. The first kappa shape index (κ1) is 18.5. The maximum absolute atomic E-state index is 12.7. The number of aromatic nitrogens is 1. The van der Waals surface area contributed by atoms with Crippen LogP contribution in [-0.2, 0) is 22.3 Å². The van der Waals surface area contributed by atoms with E-state index in [0.717, 1.165) is 23.7 Å². The number of hydrogen-bond acceptors (Lipinski definition) is 4. The molecule has 2 rings (SSSR count). The van der Waals surface area contributed by atoms with Gasteiger partial charge in [-0.1, -0.05) is 0 Å². The van der Waals surface area contributed by atoms with Gasteiger partial charge in [0.1, 0.15) is 6.54 Å². The van der Waals surface area contributed by atoms with Crippen LogP contribution < -0.4 is 10.9 Å². The zero-order valence-electron chi connectivity index (χ0n) is 13.3. The fourth-order valence-electron chi connectivity index (χ4n) is 2.51. The molecule has 24 heavy (non-hydrogen) atoms. The summed E-state index contributed by atoms with van der Waals surface area (Å²) in [6.07, 6.45) is -3.90. The number of morpholine rings is 1. The highest BCUT2D eigenvalue weighted by Crippen LogP contribution is 2.27. The van der Waals surface area contributed by atoms with E-state index in [-0.39, 0.29) is 6.04 Å². The van der Waals surface area contributed by atoms with Gasteiger partial charge in [0.15, 0.2) is 0 Å². The molecule has 2 heterocycles. The van der Waals surface area contributed by atoms with Gasteiger partial charge in [-0.25, -0.2) is 0 Å². The minimum atomic E-state index is -4.56. The van der Waals surface area contributed by atoms with Crippen LogP contribution in [0, 0.1) is 0 Å². The highest BCUT2D eigenvalue weighted by atomic mass is 19.4. The van der Waals surface area contributed by atoms with Crippen molar-refractivity contribution in [1.29, 1.82) is 0 Å². The molecule has 1 aliphatic heterocycles. The predicted molar refractivity (Wildman–Crippen MR) is 80.6 cm³/mol. The van der Waals surface area contributed by atoms with Gasteiger partial charge in [0.05, 0.1) is 18.8 Å². The van der Waals surface area contributed by atoms with Crippen molar-refractivity contribution in [3.8, 4) is 0 Å². The zero-order chi connectivity index (χ0) is 17.7. The Morgan fingerprint density at radius 1 is 1.33 bits per heavy atom. The van der Waals surface area contributed by atoms with E-state index in [1.165, 1.54) is 0 Å². The topological polar surface area (TPSA) is 63.6 Å². The summed E-state index contributed by atoms with van der Waals surface area (Å²) in [5, 5.41) is 2.70. The van der Waals surface area contributed by atoms with E-state index in [1.54, 1.807) is 0 Å². The second-order valence-corrected chi connectivity index (χ2v) is 5.76. The predicted octanol–water partition coefficient (Wildman–Crippen LogP) is 0.704. The smallest absolute Gasteiger partial charge is 0.379 e. The number of alkyl halides is 3. The van der Waals surface area contributed by atoms with Crippen LogP contribution in [0.1, 0.15) is 12.5 Å². The first-order chi connectivity index (χ1) is 11.3. The summed E-state index contributed by atoms with van der Waals surface area (Å²) in [5.74, 6) is -0.503. The van der Waals surface area contributed by atoms with E-state index in [2.05, 4.69) is 10.2 Å². The van der Waals surface area contributed by atoms with Crippen LogP contribution in [0.3, 0.4) is 0 Å². The molecule has 134 valence electrons. The summed E-state index contributed by atoms with van der Waals surface area (Å²) in [6.45, 7) is 4.80. The minimum absolute atomic E-state index is 0.183. The van der Waals surface area contributed by atoms with Crippen molar-refractivity contribution in [3.63, 3.8) is 0 Å². The maximum atomic E-state index is 12.7. The fraction of sp³-hybridized carbons (Fsp3) is 0.600. The molecule has 0 aliphatic carbocycles. The second-order valence-electron chi connectivity index (χ2n) is 5.76. The summed E-state index contributed by atoms with van der Waals surface area (Å²) < 4.78 is 44.0. The van der Waals surface area contributed by atoms with E-state index < -0.39 is 29.8 Å². The molecular weight excluding hydrogens is 327 g/mol. The van der Waals surface area contributed by atoms with Gasteiger partial charge in [-0.15, -0.1) is 0 Å². The molecule has 1 amide bonds. The molecule has 0 aromatic carbocycles. The molecule has 1 aliphatic rings. The minimum Gasteiger partial charge on any atom is -0.379 e. The van der Waals surface area contributed by atoms with Crippen LogP contribution in [0.5, 0.6) is 0 Å². The molecular formula is C15H20F3N3O3. The molecule has 0 bridgehead atoms. The van der Waals surface area contributed by atoms with Gasteiger partial charge in [-0.3, -0.25) is 14.5 Å². The Morgan fingerprint density at radius 3 is 2.62 bits per heavy atom. The van der Waals surface area contributed by atoms with Gasteiger partial charge in [-0.2, -0.15) is 13.2 Å². The number of amides is 1. The number of ether oxygens (including phenoxy) is 1. The molecule has 0 unspecified atom stereocenters. The highest BCUT2D eigenvalue weighted by Gasteiger charge is 2.31. The SMILES string of the molecule is C[C@H](CN1CCOCC1)NC(=O)Cn1cc(C(F)(F)F)ccc1=O. The van der Waals surface area contributed by atoms with E-state index >= 15 is 0 Å². The van der Waals surface area contributed by atoms with Crippen molar-refractivity contribution in [2.24, 2.45) is 0 Å². The summed E-state index contributed by atoms with van der Waals surface area (Å²) in [4.78, 5) is 25.7. The van der Waals surface area contributed by atoms with Gasteiger partial charge >= 0.3 is 6.18 Å². The number of carbonyl (C=O) groups is 1. The van der Waals surface area contributed by atoms with E-state index in [1.807, 2.05) is 6.92 Å². The molecule has 1 aromatic heterocycles. The molecule has 6 nitrogen and oxygen atoms in total. The number of hydrogen-bond donors (Lipinski definition) is 1. The number of nitrogens with one attached hydrogen (secondary N) is 1. The van der Waals surface area contributed by atoms with Crippen molar-refractivity contribution in [2.45, 2.75) is 25.7 Å². The molecule has 1 fully saturated rings. The van der Waals surface area contributed by atoms with Crippen molar-refractivity contribution >= 4 is 5.91 Å². The molecule has 0 spiro atoms. The van der Waals surface area contributed by atoms with E-state index in [9.17, 15) is 22.8 Å². The number of nitrogens with zero attached hydrogens (tertiary/aromatic N) is 2. The number of pyridine rings is 1. The van der Waals surface area contributed by atoms with Gasteiger partial charge in [0, 0.05) is 37.9 Å². The summed E-state index contributed by atoms with van der Waals surface area (Å²) in [5.41, 5.74) is -1.62. The molecule has 0 radical (unpaired) electrons. The lowest BCUT2D eigenvalue weighted by atomic mass is 10.2.